The Kier molecular flexibility index (Phi) is 6.96. The Bertz CT molecular complexity index is 698. The minimum atomic E-state index is -0.261. The van der Waals surface area contributed by atoms with Gasteiger partial charge in [0.15, 0.2) is 0 Å². The summed E-state index contributed by atoms with van der Waals surface area (Å²) < 4.78 is 13.1. The van der Waals surface area contributed by atoms with Crippen LogP contribution in [0.25, 0.3) is 10.4 Å². The highest BCUT2D eigenvalue weighted by Gasteiger charge is 2.23. The molecule has 2 rings (SSSR count). The van der Waals surface area contributed by atoms with Crippen LogP contribution >= 0.6 is 23.7 Å². The van der Waals surface area contributed by atoms with E-state index in [1.165, 1.54) is 23.5 Å². The summed E-state index contributed by atoms with van der Waals surface area (Å²) in [6.45, 7) is 7.18. The van der Waals surface area contributed by atoms with Gasteiger partial charge in [-0.15, -0.1) is 23.7 Å². The van der Waals surface area contributed by atoms with Crippen molar-refractivity contribution in [2.75, 3.05) is 20.1 Å². The zero-order chi connectivity index (χ0) is 17.2. The van der Waals surface area contributed by atoms with E-state index in [0.717, 1.165) is 16.0 Å². The first-order valence-corrected chi connectivity index (χ1v) is 8.37. The standard InChI is InChI=1S/C18H23FN2OS.ClH/c1-12-9-15(17(22)21(4)11-18(2,3)10-20)23-16(12)13-5-7-14(19)8-6-13;/h5-9H,10-11,20H2,1-4H3;1H. The van der Waals surface area contributed by atoms with Crippen LogP contribution in [0.5, 0.6) is 0 Å². The molecule has 2 N–H and O–H groups in total. The Labute approximate surface area is 153 Å². The maximum absolute atomic E-state index is 13.1. The molecule has 1 aromatic heterocycles. The molecule has 2 aromatic rings. The molecule has 0 bridgehead atoms. The van der Waals surface area contributed by atoms with E-state index < -0.39 is 0 Å². The largest absolute Gasteiger partial charge is 0.340 e. The van der Waals surface area contributed by atoms with Crippen molar-refractivity contribution >= 4 is 29.7 Å². The summed E-state index contributed by atoms with van der Waals surface area (Å²) in [4.78, 5) is 16.0. The summed E-state index contributed by atoms with van der Waals surface area (Å²) in [5.74, 6) is -0.268. The molecule has 0 unspecified atom stereocenters. The third-order valence-corrected chi connectivity index (χ3v) is 5.07. The van der Waals surface area contributed by atoms with E-state index in [4.69, 9.17) is 5.73 Å². The van der Waals surface area contributed by atoms with Gasteiger partial charge in [-0.2, -0.15) is 0 Å². The summed E-state index contributed by atoms with van der Waals surface area (Å²) >= 11 is 1.44. The number of hydrogen-bond acceptors (Lipinski definition) is 3. The van der Waals surface area contributed by atoms with Gasteiger partial charge in [-0.25, -0.2) is 4.39 Å². The van der Waals surface area contributed by atoms with Gasteiger partial charge in [0.2, 0.25) is 0 Å². The normalized spacial score (nSPS) is 11.1. The number of hydrogen-bond donors (Lipinski definition) is 1. The van der Waals surface area contributed by atoms with Gasteiger partial charge in [-0.05, 0) is 48.2 Å². The molecule has 0 radical (unpaired) electrons. The number of halogens is 2. The molecular weight excluding hydrogens is 347 g/mol. The first-order valence-electron chi connectivity index (χ1n) is 7.55. The second-order valence-electron chi connectivity index (χ2n) is 6.66. The molecule has 1 heterocycles. The van der Waals surface area contributed by atoms with Gasteiger partial charge in [-0.1, -0.05) is 26.0 Å². The van der Waals surface area contributed by atoms with Crippen molar-refractivity contribution in [3.8, 4) is 10.4 Å². The molecule has 24 heavy (non-hydrogen) atoms. The fourth-order valence-corrected chi connectivity index (χ4v) is 3.61. The Morgan fingerprint density at radius 3 is 2.42 bits per heavy atom. The monoisotopic (exact) mass is 370 g/mol. The number of nitrogens with zero attached hydrogens (tertiary/aromatic N) is 1. The maximum atomic E-state index is 13.1. The van der Waals surface area contributed by atoms with Crippen LogP contribution in [0.3, 0.4) is 0 Å². The van der Waals surface area contributed by atoms with Crippen molar-refractivity contribution < 1.29 is 9.18 Å². The van der Waals surface area contributed by atoms with Crippen LogP contribution in [0.4, 0.5) is 4.39 Å². The first-order chi connectivity index (χ1) is 10.7. The fraction of sp³-hybridized carbons (Fsp3) is 0.389. The lowest BCUT2D eigenvalue weighted by atomic mass is 9.93. The summed E-state index contributed by atoms with van der Waals surface area (Å²) in [5, 5.41) is 0. The Morgan fingerprint density at radius 2 is 1.88 bits per heavy atom. The number of carbonyl (C=O) groups excluding carboxylic acids is 1. The second kappa shape index (κ2) is 8.10. The van der Waals surface area contributed by atoms with E-state index in [2.05, 4.69) is 0 Å². The molecule has 0 aliphatic carbocycles. The highest BCUT2D eigenvalue weighted by atomic mass is 35.5. The van der Waals surface area contributed by atoms with E-state index in [9.17, 15) is 9.18 Å². The zero-order valence-corrected chi connectivity index (χ0v) is 16.1. The summed E-state index contributed by atoms with van der Waals surface area (Å²) in [7, 11) is 1.80. The minimum absolute atomic E-state index is 0. The lowest BCUT2D eigenvalue weighted by Crippen LogP contribution is -2.39. The SMILES string of the molecule is Cc1cc(C(=O)N(C)CC(C)(C)CN)sc1-c1ccc(F)cc1.Cl. The summed E-state index contributed by atoms with van der Waals surface area (Å²) in [6.07, 6.45) is 0. The van der Waals surface area contributed by atoms with Gasteiger partial charge < -0.3 is 10.6 Å². The molecule has 0 atom stereocenters. The van der Waals surface area contributed by atoms with Crippen LogP contribution in [-0.2, 0) is 0 Å². The number of benzene rings is 1. The summed E-state index contributed by atoms with van der Waals surface area (Å²) in [6, 6.07) is 8.25. The predicted molar refractivity (Wildman–Crippen MR) is 101 cm³/mol. The van der Waals surface area contributed by atoms with Crippen molar-refractivity contribution in [2.45, 2.75) is 20.8 Å². The third kappa shape index (κ3) is 4.79. The van der Waals surface area contributed by atoms with Crippen LogP contribution in [0.1, 0.15) is 29.1 Å². The van der Waals surface area contributed by atoms with Crippen molar-refractivity contribution in [1.29, 1.82) is 0 Å². The van der Waals surface area contributed by atoms with Crippen LogP contribution < -0.4 is 5.73 Å². The van der Waals surface area contributed by atoms with Gasteiger partial charge in [0.25, 0.3) is 5.91 Å². The molecule has 3 nitrogen and oxygen atoms in total. The maximum Gasteiger partial charge on any atom is 0.263 e. The number of carbonyl (C=O) groups is 1. The molecule has 1 amide bonds. The number of nitrogens with two attached hydrogens (primary N) is 1. The van der Waals surface area contributed by atoms with E-state index in [1.807, 2.05) is 26.8 Å². The van der Waals surface area contributed by atoms with Crippen molar-refractivity contribution in [1.82, 2.24) is 4.90 Å². The molecule has 0 fully saturated rings. The Morgan fingerprint density at radius 1 is 1.29 bits per heavy atom. The number of rotatable bonds is 5. The topological polar surface area (TPSA) is 46.3 Å². The highest BCUT2D eigenvalue weighted by molar-refractivity contribution is 7.17. The molecule has 1 aromatic carbocycles. The van der Waals surface area contributed by atoms with Crippen molar-refractivity contribution in [2.24, 2.45) is 11.1 Å². The number of amides is 1. The smallest absolute Gasteiger partial charge is 0.263 e. The average molecular weight is 371 g/mol. The fourth-order valence-electron chi connectivity index (χ4n) is 2.44. The van der Waals surface area contributed by atoms with Crippen LogP contribution in [0, 0.1) is 18.2 Å². The molecule has 0 saturated heterocycles. The van der Waals surface area contributed by atoms with E-state index in [1.54, 1.807) is 24.1 Å². The number of aryl methyl sites for hydroxylation is 1. The van der Waals surface area contributed by atoms with Gasteiger partial charge in [0, 0.05) is 18.5 Å². The van der Waals surface area contributed by atoms with Crippen LogP contribution in [-0.4, -0.2) is 30.9 Å². The molecule has 0 aliphatic rings. The molecule has 0 aliphatic heterocycles. The summed E-state index contributed by atoms with van der Waals surface area (Å²) in [5.41, 5.74) is 7.58. The third-order valence-electron chi connectivity index (χ3n) is 3.80. The van der Waals surface area contributed by atoms with Gasteiger partial charge >= 0.3 is 0 Å². The predicted octanol–water partition coefficient (Wildman–Crippen LogP) is 4.34. The zero-order valence-electron chi connectivity index (χ0n) is 14.4. The quantitative estimate of drug-likeness (QED) is 0.850. The molecule has 0 spiro atoms. The van der Waals surface area contributed by atoms with Crippen molar-refractivity contribution in [3.05, 3.63) is 46.6 Å². The van der Waals surface area contributed by atoms with Crippen LogP contribution in [0.2, 0.25) is 0 Å². The van der Waals surface area contributed by atoms with Gasteiger partial charge in [0.05, 0.1) is 4.88 Å². The first kappa shape index (κ1) is 20.6. The minimum Gasteiger partial charge on any atom is -0.340 e. The lowest BCUT2D eigenvalue weighted by molar-refractivity contribution is 0.0745. The molecule has 6 heteroatoms. The molecule has 132 valence electrons. The Hall–Kier alpha value is -1.43. The number of thiophene rings is 1. The Balaban J connectivity index is 0.00000288. The van der Waals surface area contributed by atoms with Crippen LogP contribution in [0.15, 0.2) is 30.3 Å². The molecular formula is C18H24ClFN2OS. The van der Waals surface area contributed by atoms with Crippen molar-refractivity contribution in [3.63, 3.8) is 0 Å². The van der Waals surface area contributed by atoms with Gasteiger partial charge in [-0.3, -0.25) is 4.79 Å². The molecule has 0 saturated carbocycles. The van der Waals surface area contributed by atoms with E-state index >= 15 is 0 Å². The highest BCUT2D eigenvalue weighted by Crippen LogP contribution is 2.33. The average Bonchev–Trinajstić information content (AvgIpc) is 2.88. The van der Waals surface area contributed by atoms with E-state index in [0.29, 0.717) is 18.0 Å². The lowest BCUT2D eigenvalue weighted by Gasteiger charge is -2.28. The van der Waals surface area contributed by atoms with E-state index in [-0.39, 0.29) is 29.5 Å². The van der Waals surface area contributed by atoms with Gasteiger partial charge in [0.1, 0.15) is 5.82 Å². The second-order valence-corrected chi connectivity index (χ2v) is 7.71.